The maximum atomic E-state index is 12.9. The number of nitrogens with one attached hydrogen (secondary N) is 1. The molecule has 12 heteroatoms. The SMILES string of the molecule is O=C(NCCC(=O)N1CCN(c2ccc(C(F)(F)F)cc2[N+](=O)[O-])CC1)c1cccs1. The van der Waals surface area contributed by atoms with Gasteiger partial charge in [-0.05, 0) is 23.6 Å². The number of nitro benzene ring substituents is 1. The average molecular weight is 456 g/mol. The summed E-state index contributed by atoms with van der Waals surface area (Å²) in [7, 11) is 0. The second-order valence-electron chi connectivity index (χ2n) is 6.81. The van der Waals surface area contributed by atoms with Gasteiger partial charge in [0.15, 0.2) is 0 Å². The van der Waals surface area contributed by atoms with Crippen molar-refractivity contribution in [1.82, 2.24) is 10.2 Å². The van der Waals surface area contributed by atoms with Crippen LogP contribution in [0.2, 0.25) is 0 Å². The smallest absolute Gasteiger partial charge is 0.362 e. The minimum absolute atomic E-state index is 0.0910. The summed E-state index contributed by atoms with van der Waals surface area (Å²) < 4.78 is 38.6. The van der Waals surface area contributed by atoms with Crippen LogP contribution in [0.15, 0.2) is 35.7 Å². The van der Waals surface area contributed by atoms with Crippen molar-refractivity contribution < 1.29 is 27.7 Å². The lowest BCUT2D eigenvalue weighted by Crippen LogP contribution is -2.49. The van der Waals surface area contributed by atoms with E-state index in [0.29, 0.717) is 10.9 Å². The third-order valence-corrected chi connectivity index (χ3v) is 5.71. The van der Waals surface area contributed by atoms with Crippen molar-refractivity contribution in [2.75, 3.05) is 37.6 Å². The molecule has 166 valence electrons. The van der Waals surface area contributed by atoms with Crippen LogP contribution in [-0.4, -0.2) is 54.4 Å². The van der Waals surface area contributed by atoms with Gasteiger partial charge in [0.05, 0.1) is 15.4 Å². The Balaban J connectivity index is 1.55. The Morgan fingerprint density at radius 3 is 2.45 bits per heavy atom. The maximum absolute atomic E-state index is 12.9. The Labute approximate surface area is 179 Å². The Hall–Kier alpha value is -3.15. The number of rotatable bonds is 6. The maximum Gasteiger partial charge on any atom is 0.416 e. The Kier molecular flexibility index (Phi) is 6.78. The van der Waals surface area contributed by atoms with Crippen molar-refractivity contribution in [1.29, 1.82) is 0 Å². The quantitative estimate of drug-likeness (QED) is 0.532. The molecule has 2 heterocycles. The molecule has 0 spiro atoms. The minimum atomic E-state index is -4.67. The molecule has 1 aliphatic heterocycles. The van der Waals surface area contributed by atoms with E-state index in [9.17, 15) is 32.9 Å². The number of nitro groups is 1. The summed E-state index contributed by atoms with van der Waals surface area (Å²) in [6.45, 7) is 1.23. The first-order valence-corrected chi connectivity index (χ1v) is 10.2. The lowest BCUT2D eigenvalue weighted by atomic mass is 10.1. The number of amides is 2. The van der Waals surface area contributed by atoms with Crippen molar-refractivity contribution in [2.45, 2.75) is 12.6 Å². The topological polar surface area (TPSA) is 95.8 Å². The van der Waals surface area contributed by atoms with Gasteiger partial charge in [-0.25, -0.2) is 0 Å². The molecule has 1 saturated heterocycles. The van der Waals surface area contributed by atoms with E-state index in [1.165, 1.54) is 11.3 Å². The van der Waals surface area contributed by atoms with Crippen molar-refractivity contribution in [3.63, 3.8) is 0 Å². The number of carbonyl (C=O) groups is 2. The molecule has 3 rings (SSSR count). The Morgan fingerprint density at radius 2 is 1.87 bits per heavy atom. The van der Waals surface area contributed by atoms with E-state index < -0.39 is 22.4 Å². The van der Waals surface area contributed by atoms with Crippen LogP contribution in [0.3, 0.4) is 0 Å². The number of thiophene rings is 1. The second-order valence-corrected chi connectivity index (χ2v) is 7.76. The number of benzene rings is 1. The van der Waals surface area contributed by atoms with E-state index >= 15 is 0 Å². The van der Waals surface area contributed by atoms with Crippen LogP contribution in [-0.2, 0) is 11.0 Å². The summed E-state index contributed by atoms with van der Waals surface area (Å²) in [5.41, 5.74) is -1.61. The summed E-state index contributed by atoms with van der Waals surface area (Å²) in [5.74, 6) is -0.421. The molecule has 1 aromatic carbocycles. The summed E-state index contributed by atoms with van der Waals surface area (Å²) in [6, 6.07) is 5.88. The molecule has 0 atom stereocenters. The summed E-state index contributed by atoms with van der Waals surface area (Å²) in [6.07, 6.45) is -4.56. The molecule has 1 fully saturated rings. The molecule has 0 aliphatic carbocycles. The van der Waals surface area contributed by atoms with E-state index in [4.69, 9.17) is 0 Å². The number of alkyl halides is 3. The Bertz CT molecular complexity index is 958. The van der Waals surface area contributed by atoms with Crippen LogP contribution < -0.4 is 10.2 Å². The lowest BCUT2D eigenvalue weighted by Gasteiger charge is -2.36. The first-order valence-electron chi connectivity index (χ1n) is 9.37. The van der Waals surface area contributed by atoms with Gasteiger partial charge in [-0.2, -0.15) is 13.2 Å². The van der Waals surface area contributed by atoms with E-state index in [1.54, 1.807) is 27.3 Å². The molecule has 0 bridgehead atoms. The molecule has 0 unspecified atom stereocenters. The first-order chi connectivity index (χ1) is 14.7. The predicted molar refractivity (Wildman–Crippen MR) is 108 cm³/mol. The molecule has 1 aromatic heterocycles. The van der Waals surface area contributed by atoms with Crippen molar-refractivity contribution in [3.8, 4) is 0 Å². The van der Waals surface area contributed by atoms with Gasteiger partial charge in [-0.15, -0.1) is 11.3 Å². The summed E-state index contributed by atoms with van der Waals surface area (Å²) in [5, 5.41) is 15.7. The van der Waals surface area contributed by atoms with Gasteiger partial charge in [-0.3, -0.25) is 19.7 Å². The highest BCUT2D eigenvalue weighted by atomic mass is 32.1. The molecule has 8 nitrogen and oxygen atoms in total. The third kappa shape index (κ3) is 5.51. The molecular formula is C19H19F3N4O4S. The summed E-state index contributed by atoms with van der Waals surface area (Å²) in [4.78, 5) is 38.4. The molecule has 0 saturated carbocycles. The third-order valence-electron chi connectivity index (χ3n) is 4.84. The zero-order chi connectivity index (χ0) is 22.6. The van der Waals surface area contributed by atoms with E-state index in [-0.39, 0.29) is 56.6 Å². The molecule has 31 heavy (non-hydrogen) atoms. The molecule has 2 aromatic rings. The number of hydrogen-bond donors (Lipinski definition) is 1. The van der Waals surface area contributed by atoms with E-state index in [1.807, 2.05) is 0 Å². The average Bonchev–Trinajstić information content (AvgIpc) is 3.27. The molecule has 0 radical (unpaired) electrons. The largest absolute Gasteiger partial charge is 0.416 e. The highest BCUT2D eigenvalue weighted by Crippen LogP contribution is 2.36. The number of nitrogens with zero attached hydrogens (tertiary/aromatic N) is 3. The number of piperazine rings is 1. The molecular weight excluding hydrogens is 437 g/mol. The van der Waals surface area contributed by atoms with Crippen molar-refractivity contribution in [3.05, 3.63) is 56.3 Å². The normalized spacial score (nSPS) is 14.4. The van der Waals surface area contributed by atoms with Crippen LogP contribution in [0.5, 0.6) is 0 Å². The van der Waals surface area contributed by atoms with Crippen LogP contribution in [0, 0.1) is 10.1 Å². The van der Waals surface area contributed by atoms with Crippen molar-refractivity contribution in [2.24, 2.45) is 0 Å². The van der Waals surface area contributed by atoms with Gasteiger partial charge in [0, 0.05) is 45.2 Å². The monoisotopic (exact) mass is 456 g/mol. The fourth-order valence-electron chi connectivity index (χ4n) is 3.25. The van der Waals surface area contributed by atoms with Gasteiger partial charge in [0.25, 0.3) is 11.6 Å². The van der Waals surface area contributed by atoms with Crippen LogP contribution in [0.4, 0.5) is 24.5 Å². The zero-order valence-electron chi connectivity index (χ0n) is 16.2. The molecule has 1 N–H and O–H groups in total. The van der Waals surface area contributed by atoms with Crippen molar-refractivity contribution >= 4 is 34.5 Å². The zero-order valence-corrected chi connectivity index (χ0v) is 17.0. The molecule has 2 amide bonds. The van der Waals surface area contributed by atoms with Gasteiger partial charge >= 0.3 is 6.18 Å². The minimum Gasteiger partial charge on any atom is -0.362 e. The van der Waals surface area contributed by atoms with Crippen LogP contribution >= 0.6 is 11.3 Å². The van der Waals surface area contributed by atoms with Gasteiger partial charge in [0.2, 0.25) is 5.91 Å². The lowest BCUT2D eigenvalue weighted by molar-refractivity contribution is -0.384. The standard InChI is InChI=1S/C19H19F3N4O4S/c20-19(21,22)13-3-4-14(15(12-13)26(29)30)24-7-9-25(10-8-24)17(27)5-6-23-18(28)16-2-1-11-31-16/h1-4,11-12H,5-10H2,(H,23,28). The highest BCUT2D eigenvalue weighted by Gasteiger charge is 2.34. The van der Waals surface area contributed by atoms with Crippen LogP contribution in [0.25, 0.3) is 0 Å². The highest BCUT2D eigenvalue weighted by molar-refractivity contribution is 7.12. The number of carbonyl (C=O) groups excluding carboxylic acids is 2. The fraction of sp³-hybridized carbons (Fsp3) is 0.368. The Morgan fingerprint density at radius 1 is 1.16 bits per heavy atom. The predicted octanol–water partition coefficient (Wildman–Crippen LogP) is 3.14. The number of anilines is 1. The molecule has 1 aliphatic rings. The van der Waals surface area contributed by atoms with E-state index in [2.05, 4.69) is 5.32 Å². The van der Waals surface area contributed by atoms with E-state index in [0.717, 1.165) is 12.1 Å². The summed E-state index contributed by atoms with van der Waals surface area (Å²) >= 11 is 1.30. The van der Waals surface area contributed by atoms with Gasteiger partial charge < -0.3 is 15.1 Å². The first kappa shape index (κ1) is 22.5. The number of halogens is 3. The van der Waals surface area contributed by atoms with Gasteiger partial charge in [-0.1, -0.05) is 6.07 Å². The fourth-order valence-corrected chi connectivity index (χ4v) is 3.89. The van der Waals surface area contributed by atoms with Gasteiger partial charge in [0.1, 0.15) is 5.69 Å². The number of hydrogen-bond acceptors (Lipinski definition) is 6. The second kappa shape index (κ2) is 9.33. The van der Waals surface area contributed by atoms with Crippen LogP contribution in [0.1, 0.15) is 21.7 Å².